The molecule has 0 heterocycles. The summed E-state index contributed by atoms with van der Waals surface area (Å²) in [4.78, 5) is 10.7. The molecular formula is C14H16N2O2S. The van der Waals surface area contributed by atoms with E-state index in [-0.39, 0.29) is 0 Å². The van der Waals surface area contributed by atoms with Crippen LogP contribution in [0.1, 0.15) is 0 Å². The summed E-state index contributed by atoms with van der Waals surface area (Å²) in [5.74, 6) is 0. The number of benzene rings is 2. The Hall–Kier alpha value is -1.69. The molecule has 0 aliphatic rings. The van der Waals surface area contributed by atoms with Gasteiger partial charge in [-0.05, 0) is 24.3 Å². The molecule has 2 aromatic rings. The van der Waals surface area contributed by atoms with E-state index in [9.17, 15) is 0 Å². The van der Waals surface area contributed by atoms with Crippen molar-refractivity contribution in [3.05, 3.63) is 60.7 Å². The highest BCUT2D eigenvalue weighted by Crippen LogP contribution is 2.29. The molecule has 0 radical (unpaired) electrons. The molecule has 0 spiro atoms. The Morgan fingerprint density at radius 2 is 1.05 bits per heavy atom. The zero-order chi connectivity index (χ0) is 13.5. The molecule has 5 heteroatoms. The Kier molecular flexibility index (Phi) is 5.09. The maximum absolute atomic E-state index is 5.36. The van der Waals surface area contributed by atoms with Gasteiger partial charge in [-0.3, -0.25) is 9.68 Å². The molecule has 0 aliphatic heterocycles. The molecule has 0 saturated carbocycles. The van der Waals surface area contributed by atoms with Gasteiger partial charge in [-0.15, -0.1) is 0 Å². The molecule has 0 amide bonds. The van der Waals surface area contributed by atoms with E-state index in [4.69, 9.17) is 9.68 Å². The standard InChI is InChI=1S/C14H16N2O2S/c1-17-15(13-9-5-3-6-10-13)19-16(18-2)14-11-7-4-8-12-14/h3-12H,1-2H3. The van der Waals surface area contributed by atoms with Crippen LogP contribution < -0.4 is 8.94 Å². The lowest BCUT2D eigenvalue weighted by Crippen LogP contribution is -2.23. The third-order valence-corrected chi connectivity index (χ3v) is 3.43. The fourth-order valence-electron chi connectivity index (χ4n) is 1.54. The average Bonchev–Trinajstić information content (AvgIpc) is 2.50. The first kappa shape index (κ1) is 13.7. The van der Waals surface area contributed by atoms with Crippen molar-refractivity contribution in [2.24, 2.45) is 0 Å². The van der Waals surface area contributed by atoms with Crippen LogP contribution in [0.5, 0.6) is 0 Å². The second-order valence-electron chi connectivity index (χ2n) is 3.63. The highest BCUT2D eigenvalue weighted by atomic mass is 32.2. The minimum Gasteiger partial charge on any atom is -0.264 e. The van der Waals surface area contributed by atoms with Crippen molar-refractivity contribution < 1.29 is 9.68 Å². The number of hydrogen-bond acceptors (Lipinski definition) is 5. The van der Waals surface area contributed by atoms with Crippen molar-refractivity contribution in [3.8, 4) is 0 Å². The lowest BCUT2D eigenvalue weighted by Gasteiger charge is -2.26. The van der Waals surface area contributed by atoms with E-state index in [2.05, 4.69) is 0 Å². The van der Waals surface area contributed by atoms with Crippen LogP contribution in [0.2, 0.25) is 0 Å². The molecule has 4 nitrogen and oxygen atoms in total. The third-order valence-electron chi connectivity index (χ3n) is 2.41. The molecule has 2 rings (SSSR count). The number of anilines is 2. The predicted octanol–water partition coefficient (Wildman–Crippen LogP) is 3.69. The van der Waals surface area contributed by atoms with Crippen LogP contribution in [0, 0.1) is 0 Å². The quantitative estimate of drug-likeness (QED) is 0.592. The largest absolute Gasteiger partial charge is 0.264 e. The van der Waals surface area contributed by atoms with E-state index in [1.807, 2.05) is 60.7 Å². The summed E-state index contributed by atoms with van der Waals surface area (Å²) >= 11 is 1.32. The maximum Gasteiger partial charge on any atom is 0.125 e. The van der Waals surface area contributed by atoms with E-state index in [0.29, 0.717) is 0 Å². The lowest BCUT2D eigenvalue weighted by atomic mass is 10.3. The Bertz CT molecular complexity index is 436. The summed E-state index contributed by atoms with van der Waals surface area (Å²) < 4.78 is 3.35. The summed E-state index contributed by atoms with van der Waals surface area (Å²) in [7, 11) is 3.25. The molecule has 19 heavy (non-hydrogen) atoms. The summed E-state index contributed by atoms with van der Waals surface area (Å²) in [6, 6.07) is 19.6. The first-order valence-corrected chi connectivity index (χ1v) is 6.55. The second kappa shape index (κ2) is 7.04. The van der Waals surface area contributed by atoms with Crippen molar-refractivity contribution in [1.29, 1.82) is 0 Å². The normalized spacial score (nSPS) is 10.2. The summed E-state index contributed by atoms with van der Waals surface area (Å²) in [5, 5.41) is 0. The van der Waals surface area contributed by atoms with E-state index < -0.39 is 0 Å². The van der Waals surface area contributed by atoms with Crippen LogP contribution in [0.25, 0.3) is 0 Å². The topological polar surface area (TPSA) is 24.9 Å². The Morgan fingerprint density at radius 3 is 1.37 bits per heavy atom. The molecule has 100 valence electrons. The van der Waals surface area contributed by atoms with Gasteiger partial charge in [0.1, 0.15) is 12.1 Å². The van der Waals surface area contributed by atoms with Crippen LogP contribution in [-0.2, 0) is 9.68 Å². The van der Waals surface area contributed by atoms with Crippen LogP contribution in [-0.4, -0.2) is 14.2 Å². The first-order chi connectivity index (χ1) is 9.35. The van der Waals surface area contributed by atoms with Crippen LogP contribution >= 0.6 is 12.1 Å². The highest BCUT2D eigenvalue weighted by Gasteiger charge is 2.14. The van der Waals surface area contributed by atoms with Gasteiger partial charge < -0.3 is 0 Å². The SMILES string of the molecule is CON(SN(OC)c1ccccc1)c1ccccc1. The molecule has 0 aromatic heterocycles. The van der Waals surface area contributed by atoms with Gasteiger partial charge in [0.15, 0.2) is 0 Å². The monoisotopic (exact) mass is 276 g/mol. The van der Waals surface area contributed by atoms with Crippen molar-refractivity contribution in [2.45, 2.75) is 0 Å². The maximum atomic E-state index is 5.36. The third kappa shape index (κ3) is 3.64. The lowest BCUT2D eigenvalue weighted by molar-refractivity contribution is 0.205. The zero-order valence-electron chi connectivity index (χ0n) is 10.9. The van der Waals surface area contributed by atoms with Gasteiger partial charge in [-0.1, -0.05) is 36.4 Å². The van der Waals surface area contributed by atoms with E-state index in [0.717, 1.165) is 11.4 Å². The average molecular weight is 276 g/mol. The molecule has 0 aliphatic carbocycles. The van der Waals surface area contributed by atoms with Crippen LogP contribution in [0.15, 0.2) is 60.7 Å². The minimum atomic E-state index is 0.938. The molecule has 0 bridgehead atoms. The number of nitrogens with zero attached hydrogens (tertiary/aromatic N) is 2. The zero-order valence-corrected chi connectivity index (χ0v) is 11.7. The van der Waals surface area contributed by atoms with Crippen molar-refractivity contribution in [1.82, 2.24) is 0 Å². The number of para-hydroxylation sites is 2. The Morgan fingerprint density at radius 1 is 0.684 bits per heavy atom. The van der Waals surface area contributed by atoms with Crippen molar-refractivity contribution in [2.75, 3.05) is 23.2 Å². The summed E-state index contributed by atoms with van der Waals surface area (Å²) in [6.07, 6.45) is 0. The van der Waals surface area contributed by atoms with Crippen LogP contribution in [0.3, 0.4) is 0 Å². The number of rotatable bonds is 6. The van der Waals surface area contributed by atoms with Gasteiger partial charge in [0, 0.05) is 0 Å². The smallest absolute Gasteiger partial charge is 0.125 e. The Labute approximate surface area is 117 Å². The van der Waals surface area contributed by atoms with Crippen molar-refractivity contribution >= 4 is 23.5 Å². The summed E-state index contributed by atoms with van der Waals surface area (Å²) in [6.45, 7) is 0. The molecule has 0 unspecified atom stereocenters. The Balaban J connectivity index is 2.13. The van der Waals surface area contributed by atoms with Gasteiger partial charge in [0.2, 0.25) is 0 Å². The second-order valence-corrected chi connectivity index (χ2v) is 4.46. The molecular weight excluding hydrogens is 260 g/mol. The fraction of sp³-hybridized carbons (Fsp3) is 0.143. The molecule has 0 fully saturated rings. The van der Waals surface area contributed by atoms with Gasteiger partial charge in [-0.25, -0.2) is 0 Å². The minimum absolute atomic E-state index is 0.938. The molecule has 0 atom stereocenters. The molecule has 0 N–H and O–H groups in total. The first-order valence-electron chi connectivity index (χ1n) is 5.82. The highest BCUT2D eigenvalue weighted by molar-refractivity contribution is 8.01. The molecule has 2 aromatic carbocycles. The van der Waals surface area contributed by atoms with E-state index >= 15 is 0 Å². The predicted molar refractivity (Wildman–Crippen MR) is 79.5 cm³/mol. The van der Waals surface area contributed by atoms with Crippen molar-refractivity contribution in [3.63, 3.8) is 0 Å². The van der Waals surface area contributed by atoms with E-state index in [1.165, 1.54) is 12.1 Å². The van der Waals surface area contributed by atoms with Crippen LogP contribution in [0.4, 0.5) is 11.4 Å². The fourth-order valence-corrected chi connectivity index (χ4v) is 2.24. The van der Waals surface area contributed by atoms with Gasteiger partial charge in [0.25, 0.3) is 0 Å². The van der Waals surface area contributed by atoms with Gasteiger partial charge in [-0.2, -0.15) is 8.94 Å². The van der Waals surface area contributed by atoms with Gasteiger partial charge in [0.05, 0.1) is 25.6 Å². The molecule has 0 saturated heterocycles. The van der Waals surface area contributed by atoms with E-state index in [1.54, 1.807) is 23.2 Å². The van der Waals surface area contributed by atoms with Gasteiger partial charge >= 0.3 is 0 Å². The summed E-state index contributed by atoms with van der Waals surface area (Å²) in [5.41, 5.74) is 1.88. The number of hydrogen-bond donors (Lipinski definition) is 0.